The summed E-state index contributed by atoms with van der Waals surface area (Å²) >= 11 is 0. The molecular formula is C27H21NO2. The number of fused-ring (bicyclic) bond motifs is 3. The Balaban J connectivity index is 1.47. The first-order valence-electron chi connectivity index (χ1n) is 10.1. The Morgan fingerprint density at radius 3 is 2.10 bits per heavy atom. The van der Waals surface area contributed by atoms with Crippen LogP contribution in [-0.4, -0.2) is 5.91 Å². The molecule has 0 atom stereocenters. The summed E-state index contributed by atoms with van der Waals surface area (Å²) < 4.78 is 5.75. The van der Waals surface area contributed by atoms with Crippen LogP contribution in [0.15, 0.2) is 108 Å². The first-order valence-corrected chi connectivity index (χ1v) is 10.1. The van der Waals surface area contributed by atoms with E-state index in [0.29, 0.717) is 0 Å². The maximum Gasteiger partial charge on any atom is 0.225 e. The molecular weight excluding hydrogens is 370 g/mol. The number of hydrogen-bond acceptors (Lipinski definition) is 2. The van der Waals surface area contributed by atoms with Crippen LogP contribution in [0, 0.1) is 0 Å². The molecule has 4 aromatic carbocycles. The van der Waals surface area contributed by atoms with E-state index < -0.39 is 0 Å². The highest BCUT2D eigenvalue weighted by Gasteiger charge is 2.19. The van der Waals surface area contributed by atoms with Crippen molar-refractivity contribution in [3.05, 3.63) is 120 Å². The second-order valence-corrected chi connectivity index (χ2v) is 7.42. The molecule has 1 N–H and O–H groups in total. The third kappa shape index (κ3) is 3.46. The lowest BCUT2D eigenvalue weighted by atomic mass is 9.98. The molecule has 3 heteroatoms. The zero-order chi connectivity index (χ0) is 20.3. The van der Waals surface area contributed by atoms with Crippen molar-refractivity contribution < 1.29 is 9.21 Å². The zero-order valence-electron chi connectivity index (χ0n) is 16.4. The molecule has 0 fully saturated rings. The number of nitrogens with one attached hydrogen (secondary N) is 1. The first kappa shape index (κ1) is 18.2. The lowest BCUT2D eigenvalue weighted by molar-refractivity contribution is -0.120. The van der Waals surface area contributed by atoms with Crippen LogP contribution in [-0.2, 0) is 11.2 Å². The van der Waals surface area contributed by atoms with Crippen molar-refractivity contribution in [3.8, 4) is 0 Å². The van der Waals surface area contributed by atoms with Gasteiger partial charge in [-0.05, 0) is 28.0 Å². The Morgan fingerprint density at radius 2 is 1.40 bits per heavy atom. The van der Waals surface area contributed by atoms with Crippen LogP contribution < -0.4 is 5.32 Å². The van der Waals surface area contributed by atoms with Crippen molar-refractivity contribution in [3.63, 3.8) is 0 Å². The molecule has 1 amide bonds. The molecule has 3 nitrogen and oxygen atoms in total. The highest BCUT2D eigenvalue weighted by atomic mass is 16.3. The zero-order valence-corrected chi connectivity index (χ0v) is 16.4. The van der Waals surface area contributed by atoms with E-state index in [2.05, 4.69) is 17.4 Å². The fourth-order valence-corrected chi connectivity index (χ4v) is 4.04. The van der Waals surface area contributed by atoms with E-state index in [-0.39, 0.29) is 18.4 Å². The highest BCUT2D eigenvalue weighted by molar-refractivity contribution is 6.08. The largest absolute Gasteiger partial charge is 0.464 e. The van der Waals surface area contributed by atoms with Crippen LogP contribution in [0.5, 0.6) is 0 Å². The lowest BCUT2D eigenvalue weighted by Gasteiger charge is -2.20. The van der Waals surface area contributed by atoms with Crippen LogP contribution in [0.1, 0.15) is 22.7 Å². The maximum atomic E-state index is 13.1. The van der Waals surface area contributed by atoms with Gasteiger partial charge in [0.25, 0.3) is 0 Å². The number of amides is 1. The van der Waals surface area contributed by atoms with E-state index in [1.54, 1.807) is 6.26 Å². The smallest absolute Gasteiger partial charge is 0.225 e. The lowest BCUT2D eigenvalue weighted by Crippen LogP contribution is -2.30. The molecule has 0 unspecified atom stereocenters. The summed E-state index contributed by atoms with van der Waals surface area (Å²) in [6.07, 6.45) is 1.97. The van der Waals surface area contributed by atoms with Gasteiger partial charge in [0.15, 0.2) is 0 Å². The Morgan fingerprint density at radius 1 is 0.767 bits per heavy atom. The van der Waals surface area contributed by atoms with E-state index >= 15 is 0 Å². The van der Waals surface area contributed by atoms with E-state index in [1.165, 1.54) is 0 Å². The van der Waals surface area contributed by atoms with E-state index in [4.69, 9.17) is 4.42 Å². The van der Waals surface area contributed by atoms with Gasteiger partial charge in [0.05, 0.1) is 18.7 Å². The summed E-state index contributed by atoms with van der Waals surface area (Å²) in [7, 11) is 0. The molecule has 5 rings (SSSR count). The number of benzene rings is 4. The molecule has 0 radical (unpaired) electrons. The molecule has 0 bridgehead atoms. The van der Waals surface area contributed by atoms with Gasteiger partial charge in [-0.2, -0.15) is 0 Å². The van der Waals surface area contributed by atoms with E-state index in [1.807, 2.05) is 84.9 Å². The Bertz CT molecular complexity index is 1270. The SMILES string of the molecule is O=C(Cc1coc2ccc3ccccc3c12)NC(c1ccccc1)c1ccccc1. The molecule has 0 saturated carbocycles. The number of rotatable bonds is 5. The standard InChI is InChI=1S/C27H21NO2/c29-25(28-27(20-10-3-1-4-11-20)21-12-5-2-6-13-21)17-22-18-30-24-16-15-19-9-7-8-14-23(19)26(22)24/h1-16,18,27H,17H2,(H,28,29). The summed E-state index contributed by atoms with van der Waals surface area (Å²) in [5.41, 5.74) is 3.82. The quantitative estimate of drug-likeness (QED) is 0.397. The van der Waals surface area contributed by atoms with Crippen molar-refractivity contribution in [2.45, 2.75) is 12.5 Å². The summed E-state index contributed by atoms with van der Waals surface area (Å²) in [6, 6.07) is 32.1. The van der Waals surface area contributed by atoms with Crippen molar-refractivity contribution in [1.29, 1.82) is 0 Å². The Labute approximate surface area is 175 Å². The van der Waals surface area contributed by atoms with Gasteiger partial charge >= 0.3 is 0 Å². The van der Waals surface area contributed by atoms with Crippen LogP contribution in [0.3, 0.4) is 0 Å². The summed E-state index contributed by atoms with van der Waals surface area (Å²) in [6.45, 7) is 0. The summed E-state index contributed by atoms with van der Waals surface area (Å²) in [5.74, 6) is -0.0386. The number of carbonyl (C=O) groups excluding carboxylic acids is 1. The van der Waals surface area contributed by atoms with Gasteiger partial charge < -0.3 is 9.73 Å². The second kappa shape index (κ2) is 7.88. The molecule has 1 heterocycles. The molecule has 0 aliphatic carbocycles. The number of hydrogen-bond donors (Lipinski definition) is 1. The highest BCUT2D eigenvalue weighted by Crippen LogP contribution is 2.30. The summed E-state index contributed by atoms with van der Waals surface area (Å²) in [5, 5.41) is 6.48. The molecule has 0 aliphatic rings. The fourth-order valence-electron chi connectivity index (χ4n) is 4.04. The average molecular weight is 391 g/mol. The Hall–Kier alpha value is -3.85. The first-order chi connectivity index (χ1) is 14.8. The van der Waals surface area contributed by atoms with Crippen LogP contribution in [0.2, 0.25) is 0 Å². The molecule has 5 aromatic rings. The molecule has 30 heavy (non-hydrogen) atoms. The van der Waals surface area contributed by atoms with Gasteiger partial charge in [0.1, 0.15) is 5.58 Å². The van der Waals surface area contributed by atoms with Gasteiger partial charge in [0.2, 0.25) is 5.91 Å². The number of carbonyl (C=O) groups is 1. The number of furan rings is 1. The van der Waals surface area contributed by atoms with Crippen molar-refractivity contribution in [2.75, 3.05) is 0 Å². The Kier molecular flexibility index (Phi) is 4.78. The van der Waals surface area contributed by atoms with E-state index in [9.17, 15) is 4.79 Å². The monoisotopic (exact) mass is 391 g/mol. The van der Waals surface area contributed by atoms with Crippen LogP contribution >= 0.6 is 0 Å². The maximum absolute atomic E-state index is 13.1. The predicted octanol–water partition coefficient (Wildman–Crippen LogP) is 6.03. The normalized spacial score (nSPS) is 11.2. The van der Waals surface area contributed by atoms with Gasteiger partial charge in [-0.25, -0.2) is 0 Å². The van der Waals surface area contributed by atoms with Crippen molar-refractivity contribution in [2.24, 2.45) is 0 Å². The minimum Gasteiger partial charge on any atom is -0.464 e. The molecule has 0 aliphatic heterocycles. The predicted molar refractivity (Wildman–Crippen MR) is 120 cm³/mol. The van der Waals surface area contributed by atoms with Crippen LogP contribution in [0.4, 0.5) is 0 Å². The van der Waals surface area contributed by atoms with Gasteiger partial charge in [0, 0.05) is 10.9 Å². The van der Waals surface area contributed by atoms with Gasteiger partial charge in [-0.1, -0.05) is 91.0 Å². The average Bonchev–Trinajstić information content (AvgIpc) is 3.22. The third-order valence-corrected chi connectivity index (χ3v) is 5.46. The third-order valence-electron chi connectivity index (χ3n) is 5.46. The molecule has 0 saturated heterocycles. The summed E-state index contributed by atoms with van der Waals surface area (Å²) in [4.78, 5) is 13.1. The minimum atomic E-state index is -0.199. The second-order valence-electron chi connectivity index (χ2n) is 7.42. The van der Waals surface area contributed by atoms with Crippen molar-refractivity contribution in [1.82, 2.24) is 5.32 Å². The van der Waals surface area contributed by atoms with Gasteiger partial charge in [-0.3, -0.25) is 4.79 Å². The molecule has 0 spiro atoms. The van der Waals surface area contributed by atoms with Crippen LogP contribution in [0.25, 0.3) is 21.7 Å². The topological polar surface area (TPSA) is 42.2 Å². The fraction of sp³-hybridized carbons (Fsp3) is 0.0741. The molecule has 146 valence electrons. The van der Waals surface area contributed by atoms with Crippen molar-refractivity contribution >= 4 is 27.6 Å². The molecule has 1 aromatic heterocycles. The van der Waals surface area contributed by atoms with E-state index in [0.717, 1.165) is 38.4 Å². The minimum absolute atomic E-state index is 0.0386. The van der Waals surface area contributed by atoms with Gasteiger partial charge in [-0.15, -0.1) is 0 Å².